The predicted octanol–water partition coefficient (Wildman–Crippen LogP) is -0.159. The third-order valence-electron chi connectivity index (χ3n) is 0.368. The van der Waals surface area contributed by atoms with E-state index in [1.807, 2.05) is 0 Å². The highest BCUT2D eigenvalue weighted by Gasteiger charge is 2.02. The molecule has 0 rings (SSSR count). The third kappa shape index (κ3) is 3.91. The lowest BCUT2D eigenvalue weighted by molar-refractivity contribution is 0.566. The molecule has 0 aromatic heterocycles. The molecular weight excluding hydrogens is 161 g/mol. The molecule has 0 atom stereocenters. The maximum absolute atomic E-state index is 9.49. The molecule has 0 aromatic carbocycles. The van der Waals surface area contributed by atoms with E-state index in [1.165, 1.54) is 0 Å². The Hall–Kier alpha value is -0.630. The van der Waals surface area contributed by atoms with E-state index < -0.39 is 6.49 Å². The van der Waals surface area contributed by atoms with Crippen LogP contribution in [0.4, 0.5) is 0 Å². The van der Waals surface area contributed by atoms with Gasteiger partial charge in [-0.3, -0.25) is 5.50 Å². The summed E-state index contributed by atoms with van der Waals surface area (Å²) in [7, 11) is 0. The molecule has 0 saturated heterocycles. The molecular formula is C2H2N3O2PS. The van der Waals surface area contributed by atoms with Gasteiger partial charge in [-0.1, -0.05) is 0 Å². The Bertz CT molecular complexity index is 216. The fraction of sp³-hybridized carbons (Fsp3) is 0. The highest BCUT2D eigenvalue weighted by Crippen LogP contribution is 2.38. The maximum Gasteiger partial charge on any atom is 0.248 e. The fourth-order valence-electron chi connectivity index (χ4n) is 0.139. The van der Waals surface area contributed by atoms with E-state index in [-0.39, 0.29) is 0 Å². The van der Waals surface area contributed by atoms with E-state index >= 15 is 0 Å². The van der Waals surface area contributed by atoms with E-state index in [4.69, 9.17) is 5.50 Å². The zero-order valence-electron chi connectivity index (χ0n) is 4.14. The van der Waals surface area contributed by atoms with E-state index in [1.54, 1.807) is 0 Å². The smallest absolute Gasteiger partial charge is 0.248 e. The van der Waals surface area contributed by atoms with Gasteiger partial charge in [0.25, 0.3) is 0 Å². The second kappa shape index (κ2) is 3.41. The molecule has 0 bridgehead atoms. The highest BCUT2D eigenvalue weighted by molar-refractivity contribution is 8.12. The summed E-state index contributed by atoms with van der Waals surface area (Å²) in [6.45, 7) is -2.96. The molecule has 48 valence electrons. The Morgan fingerprint density at radius 2 is 1.67 bits per heavy atom. The van der Waals surface area contributed by atoms with Gasteiger partial charge in [0.2, 0.25) is 18.6 Å². The quantitative estimate of drug-likeness (QED) is 0.348. The number of carbonyl (C=O) groups excluding carboxylic acids is 2. The fourth-order valence-corrected chi connectivity index (χ4v) is 0.618. The summed E-state index contributed by atoms with van der Waals surface area (Å²) in [6.07, 6.45) is 2.23. The average Bonchev–Trinajstić information content (AvgIpc) is 1.64. The van der Waals surface area contributed by atoms with Gasteiger partial charge in [-0.25, -0.2) is 9.59 Å². The molecule has 0 aliphatic carbocycles. The van der Waals surface area contributed by atoms with E-state index in [0.29, 0.717) is 0 Å². The van der Waals surface area contributed by atoms with Crippen LogP contribution in [0.25, 0.3) is 0 Å². The van der Waals surface area contributed by atoms with E-state index in [0.717, 1.165) is 12.2 Å². The van der Waals surface area contributed by atoms with Gasteiger partial charge in [0.05, 0.1) is 0 Å². The summed E-state index contributed by atoms with van der Waals surface area (Å²) in [5.41, 5.74) is 5.01. The van der Waals surface area contributed by atoms with Gasteiger partial charge in [-0.05, 0) is 11.8 Å². The molecule has 0 heterocycles. The molecule has 0 saturated carbocycles. The van der Waals surface area contributed by atoms with E-state index in [9.17, 15) is 9.59 Å². The Morgan fingerprint density at radius 3 is 1.89 bits per heavy atom. The first-order chi connectivity index (χ1) is 4.12. The number of isocyanates is 2. The normalized spacial score (nSPS) is 14.3. The van der Waals surface area contributed by atoms with Crippen molar-refractivity contribution in [3.05, 3.63) is 0 Å². The first kappa shape index (κ1) is 8.37. The van der Waals surface area contributed by atoms with Gasteiger partial charge in [-0.15, -0.1) is 9.53 Å². The molecule has 0 aliphatic rings. The van der Waals surface area contributed by atoms with Crippen LogP contribution in [0.2, 0.25) is 0 Å². The van der Waals surface area contributed by atoms with Crippen molar-refractivity contribution in [2.45, 2.75) is 0 Å². The molecule has 5 nitrogen and oxygen atoms in total. The summed E-state index contributed by atoms with van der Waals surface area (Å²) in [5.74, 6) is 0. The van der Waals surface area contributed by atoms with Crippen molar-refractivity contribution >= 4 is 30.5 Å². The molecule has 0 amide bonds. The largest absolute Gasteiger partial charge is 0.266 e. The molecule has 0 fully saturated rings. The lowest BCUT2D eigenvalue weighted by atomic mass is 11.7. The SMILES string of the molecule is NP(=S)(N=C=O)N=C=O. The molecule has 2 N–H and O–H groups in total. The zero-order chi connectivity index (χ0) is 7.33. The van der Waals surface area contributed by atoms with Crippen molar-refractivity contribution in [2.75, 3.05) is 0 Å². The number of nitrogens with two attached hydrogens (primary N) is 1. The topological polar surface area (TPSA) is 84.9 Å². The standard InChI is InChI=1S/C2H2N3O2PS/c3-8(9,4-1-6)5-2-7/h(H2,3,9). The van der Waals surface area contributed by atoms with Crippen molar-refractivity contribution in [3.8, 4) is 0 Å². The van der Waals surface area contributed by atoms with Crippen LogP contribution in [0.3, 0.4) is 0 Å². The monoisotopic (exact) mass is 163 g/mol. The van der Waals surface area contributed by atoms with Gasteiger partial charge < -0.3 is 0 Å². The van der Waals surface area contributed by atoms with Crippen LogP contribution in [0.15, 0.2) is 9.53 Å². The van der Waals surface area contributed by atoms with Crippen LogP contribution in [-0.2, 0) is 21.4 Å². The van der Waals surface area contributed by atoms with Crippen LogP contribution in [0.5, 0.6) is 0 Å². The second-order valence-corrected chi connectivity index (χ2v) is 4.16. The van der Waals surface area contributed by atoms with Crippen LogP contribution in [0, 0.1) is 0 Å². The Kier molecular flexibility index (Phi) is 3.17. The number of nitrogens with zero attached hydrogens (tertiary/aromatic N) is 2. The molecule has 0 aliphatic heterocycles. The second-order valence-electron chi connectivity index (χ2n) is 0.972. The Balaban J connectivity index is 4.59. The summed E-state index contributed by atoms with van der Waals surface area (Å²) in [6, 6.07) is 0. The molecule has 0 spiro atoms. The molecule has 9 heavy (non-hydrogen) atoms. The van der Waals surface area contributed by atoms with Gasteiger partial charge in [0.15, 0.2) is 0 Å². The average molecular weight is 163 g/mol. The molecule has 7 heteroatoms. The lowest BCUT2D eigenvalue weighted by Crippen LogP contribution is -1.84. The number of hydrogen-bond acceptors (Lipinski definition) is 3. The van der Waals surface area contributed by atoms with Crippen LogP contribution < -0.4 is 5.50 Å². The number of hydrogen-bond donors (Lipinski definition) is 1. The van der Waals surface area contributed by atoms with E-state index in [2.05, 4.69) is 21.3 Å². The van der Waals surface area contributed by atoms with Crippen LogP contribution in [0.1, 0.15) is 0 Å². The van der Waals surface area contributed by atoms with Crippen molar-refractivity contribution < 1.29 is 9.59 Å². The highest BCUT2D eigenvalue weighted by atomic mass is 32.4. The lowest BCUT2D eigenvalue weighted by Gasteiger charge is -1.93. The van der Waals surface area contributed by atoms with Crippen LogP contribution in [-0.4, -0.2) is 12.2 Å². The zero-order valence-corrected chi connectivity index (χ0v) is 5.85. The summed E-state index contributed by atoms with van der Waals surface area (Å²) >= 11 is 4.37. The van der Waals surface area contributed by atoms with Crippen LogP contribution >= 0.6 is 6.49 Å². The molecule has 0 radical (unpaired) electrons. The Labute approximate surface area is 55.8 Å². The minimum absolute atomic E-state index is 1.12. The third-order valence-corrected chi connectivity index (χ3v) is 1.59. The molecule has 0 unspecified atom stereocenters. The van der Waals surface area contributed by atoms with Gasteiger partial charge in [0.1, 0.15) is 0 Å². The minimum atomic E-state index is -2.96. The molecule has 0 aromatic rings. The maximum atomic E-state index is 9.49. The summed E-state index contributed by atoms with van der Waals surface area (Å²) in [4.78, 5) is 19.0. The van der Waals surface area contributed by atoms with Crippen molar-refractivity contribution in [2.24, 2.45) is 15.0 Å². The predicted molar refractivity (Wildman–Crippen MR) is 34.7 cm³/mol. The van der Waals surface area contributed by atoms with Gasteiger partial charge in [0, 0.05) is 0 Å². The minimum Gasteiger partial charge on any atom is -0.266 e. The summed E-state index contributed by atoms with van der Waals surface area (Å²) < 4.78 is 5.83. The number of rotatable bonds is 2. The van der Waals surface area contributed by atoms with Gasteiger partial charge in [-0.2, -0.15) is 0 Å². The van der Waals surface area contributed by atoms with Crippen molar-refractivity contribution in [1.29, 1.82) is 0 Å². The first-order valence-electron chi connectivity index (χ1n) is 1.70. The van der Waals surface area contributed by atoms with Crippen molar-refractivity contribution in [1.82, 2.24) is 0 Å². The first-order valence-corrected chi connectivity index (χ1v) is 4.47. The van der Waals surface area contributed by atoms with Crippen molar-refractivity contribution in [3.63, 3.8) is 0 Å². The summed E-state index contributed by atoms with van der Waals surface area (Å²) in [5, 5.41) is 0. The Morgan fingerprint density at radius 1 is 1.33 bits per heavy atom. The van der Waals surface area contributed by atoms with Gasteiger partial charge >= 0.3 is 0 Å².